The van der Waals surface area contributed by atoms with Crippen LogP contribution in [-0.2, 0) is 9.53 Å². The van der Waals surface area contributed by atoms with Crippen molar-refractivity contribution in [1.82, 2.24) is 0 Å². The Labute approximate surface area is 125 Å². The van der Waals surface area contributed by atoms with Gasteiger partial charge in [0.25, 0.3) is 0 Å². The molecule has 0 aliphatic rings. The third kappa shape index (κ3) is 4.41. The van der Waals surface area contributed by atoms with Gasteiger partial charge in [-0.2, -0.15) is 0 Å². The largest absolute Gasteiger partial charge is 0.502 e. The van der Waals surface area contributed by atoms with Crippen LogP contribution < -0.4 is 9.47 Å². The minimum absolute atomic E-state index is 0.0964. The number of unbranched alkanes of at least 4 members (excludes halogenated alkanes) is 1. The molecule has 0 aromatic heterocycles. The smallest absolute Gasteiger partial charge is 0.333 e. The van der Waals surface area contributed by atoms with Gasteiger partial charge in [0.15, 0.2) is 11.5 Å². The fraction of sp³-hybridized carbons (Fsp3) is 0.438. The number of carbonyl (C=O) groups is 1. The Morgan fingerprint density at radius 3 is 2.57 bits per heavy atom. The maximum Gasteiger partial charge on any atom is 0.333 e. The van der Waals surface area contributed by atoms with E-state index in [1.54, 1.807) is 25.1 Å². The van der Waals surface area contributed by atoms with Gasteiger partial charge in [-0.3, -0.25) is 0 Å². The first-order valence-corrected chi connectivity index (χ1v) is 6.84. The van der Waals surface area contributed by atoms with Crippen LogP contribution >= 0.6 is 0 Å². The van der Waals surface area contributed by atoms with E-state index >= 15 is 0 Å². The molecule has 0 fully saturated rings. The van der Waals surface area contributed by atoms with Gasteiger partial charge in [-0.15, -0.1) is 0 Å². The quantitative estimate of drug-likeness (QED) is 0.475. The number of phenolic OH excluding ortho intramolecular Hbond substituents is 1. The highest BCUT2D eigenvalue weighted by molar-refractivity contribution is 5.93. The second-order valence-corrected chi connectivity index (χ2v) is 4.56. The van der Waals surface area contributed by atoms with Crippen LogP contribution in [0.3, 0.4) is 0 Å². The van der Waals surface area contributed by atoms with Crippen molar-refractivity contribution >= 4 is 12.0 Å². The highest BCUT2D eigenvalue weighted by Crippen LogP contribution is 2.39. The normalized spacial score (nSPS) is 11.1. The van der Waals surface area contributed by atoms with Crippen molar-refractivity contribution < 1.29 is 24.1 Å². The molecule has 116 valence electrons. The molecule has 5 heteroatoms. The van der Waals surface area contributed by atoms with E-state index in [0.717, 1.165) is 12.8 Å². The van der Waals surface area contributed by atoms with Crippen molar-refractivity contribution in [2.24, 2.45) is 0 Å². The number of ether oxygens (including phenoxy) is 3. The minimum Gasteiger partial charge on any atom is -0.502 e. The zero-order chi connectivity index (χ0) is 15.8. The van der Waals surface area contributed by atoms with Crippen LogP contribution in [0.2, 0.25) is 0 Å². The summed E-state index contributed by atoms with van der Waals surface area (Å²) in [5.41, 5.74) is 1.02. The predicted molar refractivity (Wildman–Crippen MR) is 80.7 cm³/mol. The Morgan fingerprint density at radius 2 is 2.00 bits per heavy atom. The summed E-state index contributed by atoms with van der Waals surface area (Å²) in [6.45, 7) is 4.10. The van der Waals surface area contributed by atoms with E-state index in [-0.39, 0.29) is 17.5 Å². The number of hydrogen-bond acceptors (Lipinski definition) is 5. The molecule has 1 aromatic carbocycles. The minimum atomic E-state index is -0.374. The summed E-state index contributed by atoms with van der Waals surface area (Å²) >= 11 is 0. The molecule has 0 spiro atoms. The Bertz CT molecular complexity index is 520. The van der Waals surface area contributed by atoms with E-state index in [1.165, 1.54) is 14.2 Å². The summed E-state index contributed by atoms with van der Waals surface area (Å²) in [7, 11) is 2.90. The lowest BCUT2D eigenvalue weighted by Gasteiger charge is -2.11. The van der Waals surface area contributed by atoms with Crippen molar-refractivity contribution in [2.75, 3.05) is 20.8 Å². The van der Waals surface area contributed by atoms with E-state index in [2.05, 4.69) is 0 Å². The molecule has 0 atom stereocenters. The fourth-order valence-electron chi connectivity index (χ4n) is 1.78. The first-order valence-electron chi connectivity index (χ1n) is 6.84. The number of aromatic hydroxyl groups is 1. The Hall–Kier alpha value is -2.17. The predicted octanol–water partition coefficient (Wildman–Crippen LogP) is 3.16. The maximum absolute atomic E-state index is 11.8. The molecule has 0 radical (unpaired) electrons. The molecule has 0 unspecified atom stereocenters. The van der Waals surface area contributed by atoms with Crippen LogP contribution in [0.1, 0.15) is 32.3 Å². The van der Waals surface area contributed by atoms with E-state index in [1.807, 2.05) is 6.92 Å². The van der Waals surface area contributed by atoms with Gasteiger partial charge in [-0.1, -0.05) is 13.3 Å². The van der Waals surface area contributed by atoms with Gasteiger partial charge in [0.1, 0.15) is 0 Å². The fourth-order valence-corrected chi connectivity index (χ4v) is 1.78. The van der Waals surface area contributed by atoms with Gasteiger partial charge >= 0.3 is 5.97 Å². The molecular formula is C16H22O5. The SMILES string of the molecule is CCCCOC(=O)C(C)=Cc1ccc(OC)c(O)c1OC. The average molecular weight is 294 g/mol. The summed E-state index contributed by atoms with van der Waals surface area (Å²) < 4.78 is 15.3. The highest BCUT2D eigenvalue weighted by Gasteiger charge is 2.14. The summed E-state index contributed by atoms with van der Waals surface area (Å²) in [5.74, 6) is 0.101. The van der Waals surface area contributed by atoms with E-state index in [4.69, 9.17) is 14.2 Å². The molecule has 0 saturated heterocycles. The van der Waals surface area contributed by atoms with E-state index in [0.29, 0.717) is 23.5 Å². The molecule has 0 amide bonds. The lowest BCUT2D eigenvalue weighted by molar-refractivity contribution is -0.138. The van der Waals surface area contributed by atoms with Crippen LogP contribution in [0.4, 0.5) is 0 Å². The Balaban J connectivity index is 2.97. The summed E-state index contributed by atoms with van der Waals surface area (Å²) in [6, 6.07) is 3.32. The van der Waals surface area contributed by atoms with Crippen molar-refractivity contribution in [3.8, 4) is 17.2 Å². The number of methoxy groups -OCH3 is 2. The topological polar surface area (TPSA) is 65.0 Å². The van der Waals surface area contributed by atoms with Gasteiger partial charge in [-0.25, -0.2) is 4.79 Å². The standard InChI is InChI=1S/C16H22O5/c1-5-6-9-21-16(18)11(2)10-12-7-8-13(19-3)14(17)15(12)20-4/h7-8,10,17H,5-6,9H2,1-4H3. The van der Waals surface area contributed by atoms with E-state index < -0.39 is 0 Å². The lowest BCUT2D eigenvalue weighted by Crippen LogP contribution is -2.06. The van der Waals surface area contributed by atoms with Crippen LogP contribution in [0.5, 0.6) is 17.2 Å². The number of rotatable bonds is 7. The molecule has 1 N–H and O–H groups in total. The van der Waals surface area contributed by atoms with Gasteiger partial charge in [0.2, 0.25) is 5.75 Å². The number of hydrogen-bond donors (Lipinski definition) is 1. The first-order chi connectivity index (χ1) is 10.0. The molecular weight excluding hydrogens is 272 g/mol. The molecule has 1 rings (SSSR count). The molecule has 0 heterocycles. The number of benzene rings is 1. The maximum atomic E-state index is 11.8. The zero-order valence-corrected chi connectivity index (χ0v) is 12.9. The summed E-state index contributed by atoms with van der Waals surface area (Å²) in [6.07, 6.45) is 3.42. The second kappa shape index (κ2) is 8.19. The van der Waals surface area contributed by atoms with Crippen molar-refractivity contribution in [1.29, 1.82) is 0 Å². The van der Waals surface area contributed by atoms with Crippen molar-refractivity contribution in [3.05, 3.63) is 23.3 Å². The average Bonchev–Trinajstić information content (AvgIpc) is 2.47. The van der Waals surface area contributed by atoms with Crippen LogP contribution in [0, 0.1) is 0 Å². The Morgan fingerprint density at radius 1 is 1.29 bits per heavy atom. The first kappa shape index (κ1) is 16.9. The van der Waals surface area contributed by atoms with Crippen LogP contribution in [0.15, 0.2) is 17.7 Å². The van der Waals surface area contributed by atoms with Crippen molar-refractivity contribution in [2.45, 2.75) is 26.7 Å². The molecule has 21 heavy (non-hydrogen) atoms. The molecule has 0 saturated carbocycles. The number of phenols is 1. The monoisotopic (exact) mass is 294 g/mol. The summed E-state index contributed by atoms with van der Waals surface area (Å²) in [5, 5.41) is 10.00. The number of esters is 1. The van der Waals surface area contributed by atoms with Crippen LogP contribution in [0.25, 0.3) is 6.08 Å². The zero-order valence-electron chi connectivity index (χ0n) is 12.9. The molecule has 1 aromatic rings. The third-order valence-corrected chi connectivity index (χ3v) is 2.97. The third-order valence-electron chi connectivity index (χ3n) is 2.97. The van der Waals surface area contributed by atoms with Gasteiger partial charge < -0.3 is 19.3 Å². The molecule has 0 aliphatic carbocycles. The van der Waals surface area contributed by atoms with Gasteiger partial charge in [-0.05, 0) is 31.6 Å². The molecule has 5 nitrogen and oxygen atoms in total. The molecule has 0 bridgehead atoms. The number of carbonyl (C=O) groups excluding carboxylic acids is 1. The van der Waals surface area contributed by atoms with E-state index in [9.17, 15) is 9.90 Å². The van der Waals surface area contributed by atoms with Gasteiger partial charge in [0.05, 0.1) is 20.8 Å². The highest BCUT2D eigenvalue weighted by atomic mass is 16.5. The molecule has 0 aliphatic heterocycles. The second-order valence-electron chi connectivity index (χ2n) is 4.56. The van der Waals surface area contributed by atoms with Gasteiger partial charge in [0, 0.05) is 11.1 Å². The lowest BCUT2D eigenvalue weighted by atomic mass is 10.1. The Kier molecular flexibility index (Phi) is 6.59. The van der Waals surface area contributed by atoms with Crippen LogP contribution in [-0.4, -0.2) is 31.9 Å². The summed E-state index contributed by atoms with van der Waals surface area (Å²) in [4.78, 5) is 11.8. The van der Waals surface area contributed by atoms with Crippen molar-refractivity contribution in [3.63, 3.8) is 0 Å².